The number of ether oxygens (including phenoxy) is 2. The molecule has 0 radical (unpaired) electrons. The van der Waals surface area contributed by atoms with E-state index in [-0.39, 0.29) is 18.4 Å². The van der Waals surface area contributed by atoms with E-state index < -0.39 is 17.9 Å². The molecule has 2 N–H and O–H groups in total. The summed E-state index contributed by atoms with van der Waals surface area (Å²) in [6.07, 6.45) is 11.6. The molecule has 2 heterocycles. The first-order valence-electron chi connectivity index (χ1n) is 9.94. The molecule has 0 spiro atoms. The van der Waals surface area contributed by atoms with Gasteiger partial charge in [0, 0.05) is 12.4 Å². The molecule has 0 saturated heterocycles. The number of amides is 2. The molecule has 3 aliphatic rings. The summed E-state index contributed by atoms with van der Waals surface area (Å²) >= 11 is 0. The van der Waals surface area contributed by atoms with Crippen molar-refractivity contribution in [2.24, 2.45) is 16.6 Å². The van der Waals surface area contributed by atoms with Crippen molar-refractivity contribution in [3.8, 4) is 11.5 Å². The quantitative estimate of drug-likeness (QED) is 0.768. The maximum absolute atomic E-state index is 12.9. The van der Waals surface area contributed by atoms with Gasteiger partial charge in [-0.15, -0.1) is 0 Å². The molecular weight excluding hydrogens is 370 g/mol. The molecule has 152 valence electrons. The summed E-state index contributed by atoms with van der Waals surface area (Å²) in [6.45, 7) is 0. The maximum Gasteiger partial charge on any atom is 0.240 e. The van der Waals surface area contributed by atoms with Gasteiger partial charge in [-0.3, -0.25) is 14.6 Å². The largest absolute Gasteiger partial charge is 0.493 e. The number of dihydropyridines is 1. The van der Waals surface area contributed by atoms with Gasteiger partial charge >= 0.3 is 0 Å². The Kier molecular flexibility index (Phi) is 5.38. The van der Waals surface area contributed by atoms with Gasteiger partial charge in [-0.05, 0) is 49.5 Å². The lowest BCUT2D eigenvalue weighted by molar-refractivity contribution is -0.131. The van der Waals surface area contributed by atoms with Gasteiger partial charge in [-0.1, -0.05) is 12.1 Å². The van der Waals surface area contributed by atoms with Crippen LogP contribution in [-0.4, -0.2) is 36.1 Å². The van der Waals surface area contributed by atoms with E-state index in [0.717, 1.165) is 18.4 Å². The zero-order valence-corrected chi connectivity index (χ0v) is 16.4. The van der Waals surface area contributed by atoms with Crippen molar-refractivity contribution in [2.75, 3.05) is 7.11 Å². The van der Waals surface area contributed by atoms with E-state index in [4.69, 9.17) is 15.2 Å². The molecular formula is C22H25N3O4. The van der Waals surface area contributed by atoms with Crippen molar-refractivity contribution >= 4 is 18.0 Å². The molecule has 0 aromatic heterocycles. The lowest BCUT2D eigenvalue weighted by Gasteiger charge is -2.27. The number of hydrogen-bond donors (Lipinski definition) is 1. The van der Waals surface area contributed by atoms with Crippen molar-refractivity contribution in [3.63, 3.8) is 0 Å². The normalized spacial score (nSPS) is 21.8. The Labute approximate surface area is 169 Å². The van der Waals surface area contributed by atoms with E-state index in [2.05, 4.69) is 4.99 Å². The van der Waals surface area contributed by atoms with Crippen molar-refractivity contribution in [1.82, 2.24) is 4.90 Å². The number of fused-ring (bicyclic) bond motifs is 1. The molecule has 2 unspecified atom stereocenters. The Morgan fingerprint density at radius 2 is 2.10 bits per heavy atom. The molecule has 1 aromatic rings. The van der Waals surface area contributed by atoms with Crippen molar-refractivity contribution in [3.05, 3.63) is 47.8 Å². The average molecular weight is 395 g/mol. The lowest BCUT2D eigenvalue weighted by Crippen LogP contribution is -2.33. The highest BCUT2D eigenvalue weighted by Crippen LogP contribution is 2.39. The summed E-state index contributed by atoms with van der Waals surface area (Å²) in [5.41, 5.74) is 6.93. The molecule has 1 fully saturated rings. The molecule has 1 saturated carbocycles. The molecule has 29 heavy (non-hydrogen) atoms. The van der Waals surface area contributed by atoms with Crippen LogP contribution in [0.2, 0.25) is 0 Å². The number of hydrogen-bond acceptors (Lipinski definition) is 5. The van der Waals surface area contributed by atoms with Gasteiger partial charge in [-0.25, -0.2) is 0 Å². The summed E-state index contributed by atoms with van der Waals surface area (Å²) < 4.78 is 11.6. The minimum atomic E-state index is -0.531. The van der Waals surface area contributed by atoms with E-state index >= 15 is 0 Å². The van der Waals surface area contributed by atoms with Crippen molar-refractivity contribution in [1.29, 1.82) is 0 Å². The maximum atomic E-state index is 12.9. The van der Waals surface area contributed by atoms with Crippen LogP contribution in [0, 0.1) is 5.92 Å². The zero-order chi connectivity index (χ0) is 20.4. The standard InChI is InChI=1S/C22H25N3O4/c1-28-20-11-14(8-9-19(20)29-15-5-2-3-6-15)18(12-21(23)26)25-13-17-16(22(25)27)7-4-10-24-17/h4,7-11,13,15-16,18H,2-3,5-6,12H2,1H3,(H2,23,26). The van der Waals surface area contributed by atoms with Gasteiger partial charge in [0.25, 0.3) is 0 Å². The highest BCUT2D eigenvalue weighted by atomic mass is 16.5. The molecule has 2 amide bonds. The van der Waals surface area contributed by atoms with E-state index in [1.165, 1.54) is 12.8 Å². The number of carbonyl (C=O) groups is 2. The lowest BCUT2D eigenvalue weighted by atomic mass is 10.00. The van der Waals surface area contributed by atoms with Crippen LogP contribution in [0.25, 0.3) is 0 Å². The highest BCUT2D eigenvalue weighted by molar-refractivity contribution is 5.91. The Morgan fingerprint density at radius 1 is 1.31 bits per heavy atom. The Hall–Kier alpha value is -3.09. The average Bonchev–Trinajstić information content (AvgIpc) is 3.35. The number of methoxy groups -OCH3 is 1. The molecule has 2 aliphatic heterocycles. The second kappa shape index (κ2) is 8.11. The summed E-state index contributed by atoms with van der Waals surface area (Å²) in [4.78, 5) is 30.5. The first kappa shape index (κ1) is 19.2. The third kappa shape index (κ3) is 3.90. The molecule has 0 bridgehead atoms. The number of nitrogens with two attached hydrogens (primary N) is 1. The number of rotatable bonds is 7. The Balaban J connectivity index is 1.64. The third-order valence-electron chi connectivity index (χ3n) is 5.62. The van der Waals surface area contributed by atoms with Gasteiger partial charge in [0.15, 0.2) is 11.5 Å². The second-order valence-electron chi connectivity index (χ2n) is 7.56. The molecule has 1 aromatic carbocycles. The van der Waals surface area contributed by atoms with Crippen molar-refractivity contribution in [2.45, 2.75) is 44.2 Å². The minimum Gasteiger partial charge on any atom is -0.493 e. The summed E-state index contributed by atoms with van der Waals surface area (Å²) in [7, 11) is 1.58. The number of allylic oxidation sites excluding steroid dienone is 1. The summed E-state index contributed by atoms with van der Waals surface area (Å²) in [5.74, 6) is 0.235. The topological polar surface area (TPSA) is 94.2 Å². The first-order chi connectivity index (χ1) is 14.1. The predicted octanol–water partition coefficient (Wildman–Crippen LogP) is 2.87. The van der Waals surface area contributed by atoms with Crippen LogP contribution in [-0.2, 0) is 9.59 Å². The molecule has 1 aliphatic carbocycles. The number of benzene rings is 1. The number of carbonyl (C=O) groups excluding carboxylic acids is 2. The van der Waals surface area contributed by atoms with Gasteiger partial charge in [-0.2, -0.15) is 0 Å². The minimum absolute atomic E-state index is 0.00164. The van der Waals surface area contributed by atoms with E-state index in [1.807, 2.05) is 24.3 Å². The van der Waals surface area contributed by atoms with Gasteiger partial charge in [0.1, 0.15) is 5.92 Å². The SMILES string of the molecule is COc1cc(C(CC(N)=O)N2C=C3N=CC=CC3C2=O)ccc1OC1CCCC1. The van der Waals surface area contributed by atoms with Crippen molar-refractivity contribution < 1.29 is 19.1 Å². The fourth-order valence-electron chi connectivity index (χ4n) is 4.14. The predicted molar refractivity (Wildman–Crippen MR) is 108 cm³/mol. The van der Waals surface area contributed by atoms with Crippen LogP contribution >= 0.6 is 0 Å². The van der Waals surface area contributed by atoms with Crippen LogP contribution < -0.4 is 15.2 Å². The number of primary amides is 1. The van der Waals surface area contributed by atoms with Crippen LogP contribution in [0.5, 0.6) is 11.5 Å². The van der Waals surface area contributed by atoms with Crippen LogP contribution in [0.15, 0.2) is 47.2 Å². The summed E-state index contributed by atoms with van der Waals surface area (Å²) in [5, 5.41) is 0. The Bertz CT molecular complexity index is 899. The summed E-state index contributed by atoms with van der Waals surface area (Å²) in [6, 6.07) is 5.01. The molecule has 4 rings (SSSR count). The third-order valence-corrected chi connectivity index (χ3v) is 5.62. The van der Waals surface area contributed by atoms with Gasteiger partial charge in [0.2, 0.25) is 11.8 Å². The van der Waals surface area contributed by atoms with Crippen LogP contribution in [0.3, 0.4) is 0 Å². The molecule has 7 nitrogen and oxygen atoms in total. The molecule has 2 atom stereocenters. The Morgan fingerprint density at radius 3 is 2.79 bits per heavy atom. The van der Waals surface area contributed by atoms with E-state index in [9.17, 15) is 9.59 Å². The van der Waals surface area contributed by atoms with Gasteiger partial charge in [0.05, 0.1) is 31.4 Å². The first-order valence-corrected chi connectivity index (χ1v) is 9.94. The number of nitrogens with zero attached hydrogens (tertiary/aromatic N) is 2. The van der Waals surface area contributed by atoms with Gasteiger partial charge < -0.3 is 20.1 Å². The highest BCUT2D eigenvalue weighted by Gasteiger charge is 2.38. The zero-order valence-electron chi connectivity index (χ0n) is 16.4. The van der Waals surface area contributed by atoms with E-state index in [0.29, 0.717) is 17.2 Å². The monoisotopic (exact) mass is 395 g/mol. The van der Waals surface area contributed by atoms with Crippen LogP contribution in [0.4, 0.5) is 0 Å². The molecule has 7 heteroatoms. The smallest absolute Gasteiger partial charge is 0.240 e. The second-order valence-corrected chi connectivity index (χ2v) is 7.56. The fourth-order valence-corrected chi connectivity index (χ4v) is 4.14. The van der Waals surface area contributed by atoms with Crippen LogP contribution in [0.1, 0.15) is 43.7 Å². The number of aliphatic imine (C=N–C) groups is 1. The fraction of sp³-hybridized carbons (Fsp3) is 0.409. The van der Waals surface area contributed by atoms with E-state index in [1.54, 1.807) is 30.5 Å².